The van der Waals surface area contributed by atoms with Gasteiger partial charge >= 0.3 is 0 Å². The molecule has 130 valence electrons. The quantitative estimate of drug-likeness (QED) is 0.654. The van der Waals surface area contributed by atoms with Crippen molar-refractivity contribution in [3.05, 3.63) is 42.7 Å². The van der Waals surface area contributed by atoms with Crippen LogP contribution < -0.4 is 10.6 Å². The third kappa shape index (κ3) is 4.39. The topological polar surface area (TPSA) is 78.9 Å². The number of benzene rings is 1. The maximum atomic E-state index is 4.59. The number of anilines is 3. The predicted octanol–water partition coefficient (Wildman–Crippen LogP) is 2.92. The van der Waals surface area contributed by atoms with Gasteiger partial charge in [-0.15, -0.1) is 0 Å². The standard InChI is InChI=1S/C18H23N7/c1-3-25(4-2)13-12-21-18-23-16-15(19-10-11-20-16)17(24-18)22-14-8-6-5-7-9-14/h5-11H,3-4,12-13H2,1-2H3,(H2,20,21,22,23,24). The molecule has 0 spiro atoms. The molecule has 2 N–H and O–H groups in total. The summed E-state index contributed by atoms with van der Waals surface area (Å²) in [6.45, 7) is 8.10. The highest BCUT2D eigenvalue weighted by Crippen LogP contribution is 2.22. The van der Waals surface area contributed by atoms with Crippen LogP contribution >= 0.6 is 0 Å². The van der Waals surface area contributed by atoms with Crippen molar-refractivity contribution in [1.82, 2.24) is 24.8 Å². The van der Waals surface area contributed by atoms with Crippen molar-refractivity contribution in [1.29, 1.82) is 0 Å². The van der Waals surface area contributed by atoms with Crippen molar-refractivity contribution in [2.75, 3.05) is 36.8 Å². The van der Waals surface area contributed by atoms with Gasteiger partial charge in [0.1, 0.15) is 0 Å². The first-order valence-corrected chi connectivity index (χ1v) is 8.57. The van der Waals surface area contributed by atoms with Crippen molar-refractivity contribution in [2.24, 2.45) is 0 Å². The lowest BCUT2D eigenvalue weighted by molar-refractivity contribution is 0.316. The van der Waals surface area contributed by atoms with Gasteiger partial charge in [0, 0.05) is 31.2 Å². The summed E-state index contributed by atoms with van der Waals surface area (Å²) in [4.78, 5) is 20.1. The van der Waals surface area contributed by atoms with Crippen molar-refractivity contribution < 1.29 is 0 Å². The molecule has 0 radical (unpaired) electrons. The van der Waals surface area contributed by atoms with Crippen LogP contribution in [-0.4, -0.2) is 51.0 Å². The lowest BCUT2D eigenvalue weighted by Crippen LogP contribution is -2.29. The maximum absolute atomic E-state index is 4.59. The summed E-state index contributed by atoms with van der Waals surface area (Å²) >= 11 is 0. The van der Waals surface area contributed by atoms with Crippen LogP contribution in [0, 0.1) is 0 Å². The van der Waals surface area contributed by atoms with E-state index in [0.717, 1.165) is 31.9 Å². The third-order valence-corrected chi connectivity index (χ3v) is 3.97. The highest BCUT2D eigenvalue weighted by Gasteiger charge is 2.10. The Morgan fingerprint density at radius 1 is 0.960 bits per heavy atom. The number of fused-ring (bicyclic) bond motifs is 1. The number of para-hydroxylation sites is 1. The van der Waals surface area contributed by atoms with E-state index in [1.807, 2.05) is 30.3 Å². The minimum Gasteiger partial charge on any atom is -0.353 e. The normalized spacial score (nSPS) is 11.0. The highest BCUT2D eigenvalue weighted by molar-refractivity contribution is 5.85. The van der Waals surface area contributed by atoms with Crippen molar-refractivity contribution in [3.63, 3.8) is 0 Å². The Labute approximate surface area is 147 Å². The number of likely N-dealkylation sites (N-methyl/N-ethyl adjacent to an activating group) is 1. The second kappa shape index (κ2) is 8.34. The van der Waals surface area contributed by atoms with E-state index in [4.69, 9.17) is 0 Å². The summed E-state index contributed by atoms with van der Waals surface area (Å²) in [5.41, 5.74) is 2.17. The molecule has 0 aliphatic heterocycles. The smallest absolute Gasteiger partial charge is 0.226 e. The molecule has 0 saturated heterocycles. The fraction of sp³-hybridized carbons (Fsp3) is 0.333. The molecule has 0 fully saturated rings. The molecule has 7 heteroatoms. The third-order valence-electron chi connectivity index (χ3n) is 3.97. The van der Waals surface area contributed by atoms with Gasteiger partial charge in [-0.25, -0.2) is 9.97 Å². The molecule has 25 heavy (non-hydrogen) atoms. The van der Waals surface area contributed by atoms with Gasteiger partial charge in [-0.1, -0.05) is 32.0 Å². The van der Waals surface area contributed by atoms with Crippen LogP contribution in [0.15, 0.2) is 42.7 Å². The molecule has 0 amide bonds. The van der Waals surface area contributed by atoms with E-state index in [2.05, 4.69) is 49.3 Å². The zero-order valence-corrected chi connectivity index (χ0v) is 14.6. The SMILES string of the molecule is CCN(CC)CCNc1nc(Nc2ccccc2)c2nccnc2n1. The van der Waals surface area contributed by atoms with Crippen LogP contribution in [0.4, 0.5) is 17.5 Å². The number of rotatable bonds is 8. The van der Waals surface area contributed by atoms with E-state index in [1.54, 1.807) is 12.4 Å². The van der Waals surface area contributed by atoms with E-state index >= 15 is 0 Å². The van der Waals surface area contributed by atoms with Crippen LogP contribution in [0.5, 0.6) is 0 Å². The second-order valence-electron chi connectivity index (χ2n) is 5.57. The van der Waals surface area contributed by atoms with Gasteiger partial charge in [-0.2, -0.15) is 9.97 Å². The first-order valence-electron chi connectivity index (χ1n) is 8.57. The van der Waals surface area contributed by atoms with Gasteiger partial charge < -0.3 is 15.5 Å². The molecule has 7 nitrogen and oxygen atoms in total. The molecule has 3 aromatic rings. The zero-order chi connectivity index (χ0) is 17.5. The van der Waals surface area contributed by atoms with Gasteiger partial charge in [0.25, 0.3) is 0 Å². The maximum Gasteiger partial charge on any atom is 0.226 e. The van der Waals surface area contributed by atoms with Crippen molar-refractivity contribution in [2.45, 2.75) is 13.8 Å². The average Bonchev–Trinajstić information content (AvgIpc) is 2.66. The predicted molar refractivity (Wildman–Crippen MR) is 101 cm³/mol. The Kier molecular flexibility index (Phi) is 5.69. The van der Waals surface area contributed by atoms with Crippen LogP contribution in [0.1, 0.15) is 13.8 Å². The summed E-state index contributed by atoms with van der Waals surface area (Å²) < 4.78 is 0. The Bertz CT molecular complexity index is 803. The van der Waals surface area contributed by atoms with E-state index < -0.39 is 0 Å². The molecule has 1 aromatic carbocycles. The summed E-state index contributed by atoms with van der Waals surface area (Å²) in [5, 5.41) is 6.60. The van der Waals surface area contributed by atoms with Gasteiger partial charge in [-0.3, -0.25) is 0 Å². The Morgan fingerprint density at radius 2 is 1.72 bits per heavy atom. The average molecular weight is 337 g/mol. The lowest BCUT2D eigenvalue weighted by atomic mass is 10.3. The summed E-state index contributed by atoms with van der Waals surface area (Å²) in [5.74, 6) is 1.20. The summed E-state index contributed by atoms with van der Waals surface area (Å²) in [6, 6.07) is 9.89. The molecule has 2 aromatic heterocycles. The molecular formula is C18H23N7. The molecule has 0 aliphatic rings. The molecule has 2 heterocycles. The molecule has 0 saturated carbocycles. The molecule has 0 atom stereocenters. The van der Waals surface area contributed by atoms with E-state index in [1.165, 1.54) is 0 Å². The first-order chi connectivity index (χ1) is 12.3. The molecule has 3 rings (SSSR count). The Hall–Kier alpha value is -2.80. The molecule has 0 aliphatic carbocycles. The Morgan fingerprint density at radius 3 is 2.48 bits per heavy atom. The van der Waals surface area contributed by atoms with Gasteiger partial charge in [0.15, 0.2) is 17.0 Å². The zero-order valence-electron chi connectivity index (χ0n) is 14.6. The fourth-order valence-electron chi connectivity index (χ4n) is 2.55. The number of nitrogens with one attached hydrogen (secondary N) is 2. The summed E-state index contributed by atoms with van der Waals surface area (Å²) in [6.07, 6.45) is 3.29. The first kappa shape index (κ1) is 17.0. The van der Waals surface area contributed by atoms with Crippen LogP contribution in [0.3, 0.4) is 0 Å². The lowest BCUT2D eigenvalue weighted by Gasteiger charge is -2.18. The minimum atomic E-state index is 0.554. The number of hydrogen-bond acceptors (Lipinski definition) is 7. The minimum absolute atomic E-state index is 0.554. The summed E-state index contributed by atoms with van der Waals surface area (Å²) in [7, 11) is 0. The van der Waals surface area contributed by atoms with E-state index in [-0.39, 0.29) is 0 Å². The molecule has 0 unspecified atom stereocenters. The second-order valence-corrected chi connectivity index (χ2v) is 5.57. The van der Waals surface area contributed by atoms with Crippen LogP contribution in [0.2, 0.25) is 0 Å². The van der Waals surface area contributed by atoms with Crippen LogP contribution in [0.25, 0.3) is 11.2 Å². The highest BCUT2D eigenvalue weighted by atomic mass is 15.2. The monoisotopic (exact) mass is 337 g/mol. The number of aromatic nitrogens is 4. The van der Waals surface area contributed by atoms with Gasteiger partial charge in [0.05, 0.1) is 0 Å². The van der Waals surface area contributed by atoms with Crippen molar-refractivity contribution in [3.8, 4) is 0 Å². The fourth-order valence-corrected chi connectivity index (χ4v) is 2.55. The number of hydrogen-bond donors (Lipinski definition) is 2. The van der Waals surface area contributed by atoms with Gasteiger partial charge in [0.2, 0.25) is 5.95 Å². The number of nitrogens with zero attached hydrogens (tertiary/aromatic N) is 5. The van der Waals surface area contributed by atoms with E-state index in [0.29, 0.717) is 22.9 Å². The largest absolute Gasteiger partial charge is 0.353 e. The van der Waals surface area contributed by atoms with Gasteiger partial charge in [-0.05, 0) is 25.2 Å². The van der Waals surface area contributed by atoms with Crippen molar-refractivity contribution >= 4 is 28.6 Å². The molecule has 0 bridgehead atoms. The Balaban J connectivity index is 1.82. The molecular weight excluding hydrogens is 314 g/mol. The van der Waals surface area contributed by atoms with E-state index in [9.17, 15) is 0 Å². The van der Waals surface area contributed by atoms with Crippen LogP contribution in [-0.2, 0) is 0 Å².